The Morgan fingerprint density at radius 3 is 2.94 bits per heavy atom. The topological polar surface area (TPSA) is 34.2 Å². The summed E-state index contributed by atoms with van der Waals surface area (Å²) in [6.45, 7) is 6.85. The molecular formula is C15H24N2O. The molecule has 3 nitrogen and oxygen atoms in total. The molecule has 0 amide bonds. The number of aromatic nitrogens is 1. The number of nitrogens with one attached hydrogen (secondary N) is 1. The molecule has 18 heavy (non-hydrogen) atoms. The Bertz CT molecular complexity index is 375. The number of hydrogen-bond acceptors (Lipinski definition) is 3. The maximum atomic E-state index is 5.87. The molecule has 1 fully saturated rings. The smallest absolute Gasteiger partial charge is 0.142 e. The van der Waals surface area contributed by atoms with Crippen molar-refractivity contribution in [2.24, 2.45) is 5.92 Å². The second-order valence-corrected chi connectivity index (χ2v) is 5.15. The molecule has 0 unspecified atom stereocenters. The van der Waals surface area contributed by atoms with E-state index in [0.29, 0.717) is 0 Å². The third-order valence-electron chi connectivity index (χ3n) is 3.27. The van der Waals surface area contributed by atoms with Crippen molar-refractivity contribution in [3.8, 4) is 5.75 Å². The monoisotopic (exact) mass is 248 g/mol. The van der Waals surface area contributed by atoms with Crippen molar-refractivity contribution in [1.29, 1.82) is 0 Å². The van der Waals surface area contributed by atoms with Crippen LogP contribution in [-0.4, -0.2) is 18.1 Å². The summed E-state index contributed by atoms with van der Waals surface area (Å²) in [5.41, 5.74) is 2.09. The van der Waals surface area contributed by atoms with Crippen LogP contribution in [0.2, 0.25) is 0 Å². The van der Waals surface area contributed by atoms with Crippen LogP contribution in [0.5, 0.6) is 5.75 Å². The minimum absolute atomic E-state index is 0.800. The lowest BCUT2D eigenvalue weighted by atomic mass is 10.2. The van der Waals surface area contributed by atoms with Gasteiger partial charge in [0, 0.05) is 12.2 Å². The van der Waals surface area contributed by atoms with E-state index in [1.54, 1.807) is 0 Å². The molecule has 0 saturated heterocycles. The second-order valence-electron chi connectivity index (χ2n) is 5.15. The molecule has 1 aliphatic carbocycles. The molecule has 1 saturated carbocycles. The highest BCUT2D eigenvalue weighted by atomic mass is 16.5. The van der Waals surface area contributed by atoms with Gasteiger partial charge in [-0.25, -0.2) is 0 Å². The van der Waals surface area contributed by atoms with Crippen LogP contribution in [0.15, 0.2) is 12.1 Å². The molecule has 1 aromatic rings. The predicted molar refractivity (Wildman–Crippen MR) is 73.8 cm³/mol. The van der Waals surface area contributed by atoms with Gasteiger partial charge in [-0.1, -0.05) is 19.8 Å². The maximum absolute atomic E-state index is 5.87. The molecule has 1 aliphatic rings. The fraction of sp³-hybridized carbons (Fsp3) is 0.667. The summed E-state index contributed by atoms with van der Waals surface area (Å²) in [5, 5.41) is 3.39. The summed E-state index contributed by atoms with van der Waals surface area (Å²) in [4.78, 5) is 4.57. The van der Waals surface area contributed by atoms with Crippen LogP contribution in [0.3, 0.4) is 0 Å². The SMILES string of the molecule is CCCNCc1nc(C)ccc1OCCC1CC1. The van der Waals surface area contributed by atoms with Gasteiger partial charge in [0.2, 0.25) is 0 Å². The van der Waals surface area contributed by atoms with Crippen LogP contribution in [0, 0.1) is 12.8 Å². The zero-order chi connectivity index (χ0) is 12.8. The van der Waals surface area contributed by atoms with Gasteiger partial charge in [-0.2, -0.15) is 0 Å². The fourth-order valence-corrected chi connectivity index (χ4v) is 1.98. The number of ether oxygens (including phenoxy) is 1. The number of hydrogen-bond donors (Lipinski definition) is 1. The highest BCUT2D eigenvalue weighted by Crippen LogP contribution is 2.32. The van der Waals surface area contributed by atoms with Crippen LogP contribution < -0.4 is 10.1 Å². The lowest BCUT2D eigenvalue weighted by Crippen LogP contribution is -2.16. The summed E-state index contributed by atoms with van der Waals surface area (Å²) < 4.78 is 5.87. The molecule has 0 aliphatic heterocycles. The van der Waals surface area contributed by atoms with Gasteiger partial charge < -0.3 is 10.1 Å². The Kier molecular flexibility index (Phi) is 5.00. The Hall–Kier alpha value is -1.09. The minimum atomic E-state index is 0.800. The largest absolute Gasteiger partial charge is 0.492 e. The van der Waals surface area contributed by atoms with Crippen LogP contribution in [0.4, 0.5) is 0 Å². The summed E-state index contributed by atoms with van der Waals surface area (Å²) in [5.74, 6) is 1.87. The summed E-state index contributed by atoms with van der Waals surface area (Å²) >= 11 is 0. The molecular weight excluding hydrogens is 224 g/mol. The third kappa shape index (κ3) is 4.30. The average Bonchev–Trinajstić information content (AvgIpc) is 3.16. The first-order valence-electron chi connectivity index (χ1n) is 7.09. The first kappa shape index (κ1) is 13.3. The standard InChI is InChI=1S/C15H24N2O/c1-3-9-16-11-14-15(7-4-12(2)17-14)18-10-8-13-5-6-13/h4,7,13,16H,3,5-6,8-11H2,1-2H3. The highest BCUT2D eigenvalue weighted by molar-refractivity contribution is 5.29. The van der Waals surface area contributed by atoms with Gasteiger partial charge >= 0.3 is 0 Å². The molecule has 2 rings (SSSR count). The van der Waals surface area contributed by atoms with E-state index in [4.69, 9.17) is 4.74 Å². The van der Waals surface area contributed by atoms with E-state index in [9.17, 15) is 0 Å². The molecule has 0 radical (unpaired) electrons. The number of rotatable bonds is 8. The molecule has 0 bridgehead atoms. The van der Waals surface area contributed by atoms with Crippen molar-refractivity contribution in [2.45, 2.75) is 46.1 Å². The van der Waals surface area contributed by atoms with Crippen molar-refractivity contribution in [2.75, 3.05) is 13.2 Å². The molecule has 0 aromatic carbocycles. The van der Waals surface area contributed by atoms with E-state index in [0.717, 1.165) is 49.2 Å². The van der Waals surface area contributed by atoms with Gasteiger partial charge in [-0.05, 0) is 44.4 Å². The molecule has 0 atom stereocenters. The van der Waals surface area contributed by atoms with Gasteiger partial charge in [-0.15, -0.1) is 0 Å². The lowest BCUT2D eigenvalue weighted by Gasteiger charge is -2.12. The van der Waals surface area contributed by atoms with Gasteiger partial charge in [0.05, 0.1) is 12.3 Å². The van der Waals surface area contributed by atoms with E-state index < -0.39 is 0 Å². The predicted octanol–water partition coefficient (Wildman–Crippen LogP) is 3.07. The van der Waals surface area contributed by atoms with Crippen molar-refractivity contribution in [3.05, 3.63) is 23.5 Å². The minimum Gasteiger partial charge on any atom is -0.492 e. The first-order chi connectivity index (χ1) is 8.79. The Morgan fingerprint density at radius 1 is 1.39 bits per heavy atom. The Morgan fingerprint density at radius 2 is 2.22 bits per heavy atom. The van der Waals surface area contributed by atoms with E-state index in [2.05, 4.69) is 23.3 Å². The van der Waals surface area contributed by atoms with Crippen molar-refractivity contribution in [3.63, 3.8) is 0 Å². The van der Waals surface area contributed by atoms with E-state index in [1.807, 2.05) is 13.0 Å². The number of nitrogens with zero attached hydrogens (tertiary/aromatic N) is 1. The summed E-state index contributed by atoms with van der Waals surface area (Å²) in [7, 11) is 0. The first-order valence-corrected chi connectivity index (χ1v) is 7.09. The fourth-order valence-electron chi connectivity index (χ4n) is 1.98. The second kappa shape index (κ2) is 6.74. The lowest BCUT2D eigenvalue weighted by molar-refractivity contribution is 0.297. The van der Waals surface area contributed by atoms with Crippen molar-refractivity contribution < 1.29 is 4.74 Å². The third-order valence-corrected chi connectivity index (χ3v) is 3.27. The zero-order valence-electron chi connectivity index (χ0n) is 11.5. The number of pyridine rings is 1. The maximum Gasteiger partial charge on any atom is 0.142 e. The number of aryl methyl sites for hydroxylation is 1. The average molecular weight is 248 g/mol. The van der Waals surface area contributed by atoms with Gasteiger partial charge in [0.15, 0.2) is 0 Å². The molecule has 1 N–H and O–H groups in total. The Labute approximate surface area is 110 Å². The van der Waals surface area contributed by atoms with Gasteiger partial charge in [0.1, 0.15) is 5.75 Å². The van der Waals surface area contributed by atoms with Crippen LogP contribution in [-0.2, 0) is 6.54 Å². The summed E-state index contributed by atoms with van der Waals surface area (Å²) in [6.07, 6.45) is 5.11. The van der Waals surface area contributed by atoms with Crippen LogP contribution >= 0.6 is 0 Å². The van der Waals surface area contributed by atoms with Crippen molar-refractivity contribution >= 4 is 0 Å². The Balaban J connectivity index is 1.88. The summed E-state index contributed by atoms with van der Waals surface area (Å²) in [6, 6.07) is 4.08. The quantitative estimate of drug-likeness (QED) is 0.718. The van der Waals surface area contributed by atoms with Crippen LogP contribution in [0.1, 0.15) is 44.0 Å². The van der Waals surface area contributed by atoms with Crippen LogP contribution in [0.25, 0.3) is 0 Å². The van der Waals surface area contributed by atoms with Gasteiger partial charge in [-0.3, -0.25) is 4.98 Å². The molecule has 1 heterocycles. The van der Waals surface area contributed by atoms with E-state index >= 15 is 0 Å². The van der Waals surface area contributed by atoms with E-state index in [-0.39, 0.29) is 0 Å². The van der Waals surface area contributed by atoms with Crippen molar-refractivity contribution in [1.82, 2.24) is 10.3 Å². The molecule has 100 valence electrons. The normalized spacial score (nSPS) is 14.8. The van der Waals surface area contributed by atoms with E-state index in [1.165, 1.54) is 19.3 Å². The van der Waals surface area contributed by atoms with Gasteiger partial charge in [0.25, 0.3) is 0 Å². The highest BCUT2D eigenvalue weighted by Gasteiger charge is 2.20. The molecule has 1 aromatic heterocycles. The zero-order valence-corrected chi connectivity index (χ0v) is 11.5. The molecule has 3 heteroatoms. The molecule has 0 spiro atoms.